The fourth-order valence-electron chi connectivity index (χ4n) is 2.36. The van der Waals surface area contributed by atoms with E-state index in [2.05, 4.69) is 11.9 Å². The second kappa shape index (κ2) is 6.85. The van der Waals surface area contributed by atoms with Crippen molar-refractivity contribution in [2.24, 2.45) is 0 Å². The normalized spacial score (nSPS) is 11.3. The Balaban J connectivity index is 2.20. The Morgan fingerprint density at radius 1 is 1.30 bits per heavy atom. The van der Waals surface area contributed by atoms with Crippen molar-refractivity contribution in [2.45, 2.75) is 25.0 Å². The van der Waals surface area contributed by atoms with Crippen LogP contribution in [0.3, 0.4) is 0 Å². The molecule has 3 nitrogen and oxygen atoms in total. The van der Waals surface area contributed by atoms with Crippen molar-refractivity contribution in [3.63, 3.8) is 0 Å². The van der Waals surface area contributed by atoms with E-state index < -0.39 is 0 Å². The summed E-state index contributed by atoms with van der Waals surface area (Å²) in [5.41, 5.74) is 0.687. The first kappa shape index (κ1) is 16.8. The van der Waals surface area contributed by atoms with Crippen molar-refractivity contribution in [2.75, 3.05) is 6.26 Å². The molecule has 0 unspecified atom stereocenters. The number of benzene rings is 1. The maximum absolute atomic E-state index is 12.9. The summed E-state index contributed by atoms with van der Waals surface area (Å²) < 4.78 is 1.65. The minimum Gasteiger partial charge on any atom is -0.282 e. The second-order valence-corrected chi connectivity index (χ2v) is 7.68. The summed E-state index contributed by atoms with van der Waals surface area (Å²) >= 11 is 15.5. The molecule has 2 aromatic heterocycles. The van der Waals surface area contributed by atoms with Crippen molar-refractivity contribution in [3.05, 3.63) is 55.1 Å². The molecular weight excluding hydrogens is 371 g/mol. The third-order valence-electron chi connectivity index (χ3n) is 3.58. The van der Waals surface area contributed by atoms with Gasteiger partial charge in [-0.3, -0.25) is 9.36 Å². The lowest BCUT2D eigenvalue weighted by molar-refractivity contribution is 0.660. The van der Waals surface area contributed by atoms with E-state index in [1.165, 1.54) is 11.8 Å². The Labute approximate surface area is 152 Å². The highest BCUT2D eigenvalue weighted by atomic mass is 35.5. The summed E-state index contributed by atoms with van der Waals surface area (Å²) in [4.78, 5) is 19.5. The molecule has 120 valence electrons. The van der Waals surface area contributed by atoms with E-state index in [-0.39, 0.29) is 5.56 Å². The summed E-state index contributed by atoms with van der Waals surface area (Å²) in [6.45, 7) is 2.38. The molecule has 0 spiro atoms. The summed E-state index contributed by atoms with van der Waals surface area (Å²) in [6.07, 6.45) is 2.80. The molecule has 23 heavy (non-hydrogen) atoms. The number of halogens is 2. The highest BCUT2D eigenvalue weighted by Gasteiger charge is 2.16. The van der Waals surface area contributed by atoms with Crippen LogP contribution in [0.15, 0.2) is 34.2 Å². The molecule has 0 saturated heterocycles. The van der Waals surface area contributed by atoms with Crippen LogP contribution in [0.4, 0.5) is 0 Å². The van der Waals surface area contributed by atoms with Gasteiger partial charge in [0, 0.05) is 20.5 Å². The van der Waals surface area contributed by atoms with E-state index in [1.807, 2.05) is 12.3 Å². The van der Waals surface area contributed by atoms with Crippen molar-refractivity contribution in [3.8, 4) is 0 Å². The lowest BCUT2D eigenvalue weighted by Gasteiger charge is -2.12. The molecule has 0 aliphatic carbocycles. The van der Waals surface area contributed by atoms with Crippen LogP contribution in [0, 0.1) is 0 Å². The summed E-state index contributed by atoms with van der Waals surface area (Å²) in [5.74, 6) is 0. The van der Waals surface area contributed by atoms with Crippen molar-refractivity contribution < 1.29 is 0 Å². The van der Waals surface area contributed by atoms with Gasteiger partial charge in [-0.15, -0.1) is 11.3 Å². The SMILES string of the molecule is CCc1cc2c(=O)n(Cc3c(Cl)cccc3Cl)c(SC)nc2s1. The van der Waals surface area contributed by atoms with Gasteiger partial charge in [0.05, 0.1) is 11.9 Å². The number of thiophene rings is 1. The molecule has 0 amide bonds. The van der Waals surface area contributed by atoms with Gasteiger partial charge in [-0.25, -0.2) is 4.98 Å². The third kappa shape index (κ3) is 3.15. The summed E-state index contributed by atoms with van der Waals surface area (Å²) in [5, 5.41) is 2.43. The molecular formula is C16H14Cl2N2OS2. The van der Waals surface area contributed by atoms with Gasteiger partial charge in [0.25, 0.3) is 5.56 Å². The van der Waals surface area contributed by atoms with E-state index in [1.54, 1.807) is 34.1 Å². The van der Waals surface area contributed by atoms with Crippen LogP contribution in [0.2, 0.25) is 10.0 Å². The number of rotatable bonds is 4. The molecule has 3 aromatic rings. The number of aryl methyl sites for hydroxylation is 1. The van der Waals surface area contributed by atoms with Crippen LogP contribution in [-0.4, -0.2) is 15.8 Å². The lowest BCUT2D eigenvalue weighted by atomic mass is 10.2. The number of fused-ring (bicyclic) bond motifs is 1. The molecule has 0 bridgehead atoms. The van der Waals surface area contributed by atoms with Gasteiger partial charge < -0.3 is 0 Å². The standard InChI is InChI=1S/C16H14Cl2N2OS2/c1-3-9-7-10-14(23-9)19-16(22-2)20(15(10)21)8-11-12(17)5-4-6-13(11)18/h4-7H,3,8H2,1-2H3. The van der Waals surface area contributed by atoms with E-state index in [4.69, 9.17) is 23.2 Å². The molecule has 7 heteroatoms. The van der Waals surface area contributed by atoms with Crippen LogP contribution < -0.4 is 5.56 Å². The number of aromatic nitrogens is 2. The quantitative estimate of drug-likeness (QED) is 0.463. The second-order valence-electron chi connectivity index (χ2n) is 4.98. The molecule has 1 aromatic carbocycles. The molecule has 0 radical (unpaired) electrons. The van der Waals surface area contributed by atoms with Gasteiger partial charge in [-0.2, -0.15) is 0 Å². The lowest BCUT2D eigenvalue weighted by Crippen LogP contribution is -2.23. The minimum absolute atomic E-state index is 0.0497. The van der Waals surface area contributed by atoms with Crippen molar-refractivity contribution >= 4 is 56.5 Å². The molecule has 2 heterocycles. The molecule has 0 aliphatic rings. The molecule has 0 atom stereocenters. The number of nitrogens with zero attached hydrogens (tertiary/aromatic N) is 2. The fourth-order valence-corrected chi connectivity index (χ4v) is 4.44. The molecule has 0 aliphatic heterocycles. The Kier molecular flexibility index (Phi) is 5.01. The van der Waals surface area contributed by atoms with Gasteiger partial charge in [0.15, 0.2) is 5.16 Å². The molecule has 0 saturated carbocycles. The first-order chi connectivity index (χ1) is 11.0. The number of hydrogen-bond donors (Lipinski definition) is 0. The minimum atomic E-state index is -0.0497. The highest BCUT2D eigenvalue weighted by Crippen LogP contribution is 2.28. The molecule has 0 fully saturated rings. The number of hydrogen-bond acceptors (Lipinski definition) is 4. The van der Waals surface area contributed by atoms with E-state index in [9.17, 15) is 4.79 Å². The topological polar surface area (TPSA) is 34.9 Å². The van der Waals surface area contributed by atoms with Crippen LogP contribution in [0.1, 0.15) is 17.4 Å². The zero-order valence-corrected chi connectivity index (χ0v) is 15.7. The van der Waals surface area contributed by atoms with Crippen LogP contribution >= 0.6 is 46.3 Å². The average Bonchev–Trinajstić information content (AvgIpc) is 2.96. The highest BCUT2D eigenvalue weighted by molar-refractivity contribution is 7.98. The predicted octanol–water partition coefficient (Wildman–Crippen LogP) is 5.10. The largest absolute Gasteiger partial charge is 0.282 e. The summed E-state index contributed by atoms with van der Waals surface area (Å²) in [6, 6.07) is 7.28. The van der Waals surface area contributed by atoms with Gasteiger partial charge in [0.1, 0.15) is 4.83 Å². The maximum Gasteiger partial charge on any atom is 0.263 e. The predicted molar refractivity (Wildman–Crippen MR) is 101 cm³/mol. The Morgan fingerprint density at radius 2 is 2.00 bits per heavy atom. The zero-order chi connectivity index (χ0) is 16.6. The smallest absolute Gasteiger partial charge is 0.263 e. The van der Waals surface area contributed by atoms with Crippen LogP contribution in [0.25, 0.3) is 10.2 Å². The van der Waals surface area contributed by atoms with E-state index in [0.717, 1.165) is 21.7 Å². The van der Waals surface area contributed by atoms with E-state index >= 15 is 0 Å². The maximum atomic E-state index is 12.9. The van der Waals surface area contributed by atoms with Gasteiger partial charge >= 0.3 is 0 Å². The third-order valence-corrected chi connectivity index (χ3v) is 6.13. The Morgan fingerprint density at radius 3 is 2.61 bits per heavy atom. The first-order valence-corrected chi connectivity index (χ1v) is 9.85. The average molecular weight is 385 g/mol. The Hall–Kier alpha value is -1.01. The van der Waals surface area contributed by atoms with Gasteiger partial charge in [-0.05, 0) is 30.9 Å². The van der Waals surface area contributed by atoms with Crippen molar-refractivity contribution in [1.29, 1.82) is 0 Å². The van der Waals surface area contributed by atoms with Crippen molar-refractivity contribution in [1.82, 2.24) is 9.55 Å². The fraction of sp³-hybridized carbons (Fsp3) is 0.250. The molecule has 3 rings (SSSR count). The van der Waals surface area contributed by atoms with Crippen LogP contribution in [0.5, 0.6) is 0 Å². The first-order valence-electron chi connectivity index (χ1n) is 7.05. The monoisotopic (exact) mass is 384 g/mol. The zero-order valence-electron chi connectivity index (χ0n) is 12.6. The molecule has 0 N–H and O–H groups in total. The Bertz CT molecular complexity index is 913. The number of thioether (sulfide) groups is 1. The summed E-state index contributed by atoms with van der Waals surface area (Å²) in [7, 11) is 0. The van der Waals surface area contributed by atoms with Gasteiger partial charge in [-0.1, -0.05) is 48.0 Å². The van der Waals surface area contributed by atoms with Gasteiger partial charge in [0.2, 0.25) is 0 Å². The van der Waals surface area contributed by atoms with Crippen LogP contribution in [-0.2, 0) is 13.0 Å². The van der Waals surface area contributed by atoms with E-state index in [0.29, 0.717) is 27.1 Å².